The number of fused-ring (bicyclic) bond motifs is 1. The number of benzene rings is 2. The molecule has 4 rings (SSSR count). The summed E-state index contributed by atoms with van der Waals surface area (Å²) in [5, 5.41) is 7.48. The third-order valence-electron chi connectivity index (χ3n) is 3.87. The summed E-state index contributed by atoms with van der Waals surface area (Å²) >= 11 is 0. The van der Waals surface area contributed by atoms with Gasteiger partial charge in [0.25, 0.3) is 5.56 Å². The molecule has 0 bridgehead atoms. The molecule has 6 nitrogen and oxygen atoms in total. The smallest absolute Gasteiger partial charge is 0.283 e. The Labute approximate surface area is 144 Å². The summed E-state index contributed by atoms with van der Waals surface area (Å²) in [5.41, 5.74) is -0.412. The quantitative estimate of drug-likeness (QED) is 0.565. The van der Waals surface area contributed by atoms with Gasteiger partial charge in [-0.1, -0.05) is 23.4 Å². The van der Waals surface area contributed by atoms with Crippen LogP contribution in [-0.4, -0.2) is 24.5 Å². The van der Waals surface area contributed by atoms with Gasteiger partial charge in [0, 0.05) is 11.6 Å². The Balaban J connectivity index is 1.81. The Morgan fingerprint density at radius 2 is 1.81 bits per heavy atom. The molecule has 2 heterocycles. The normalized spacial score (nSPS) is 11.2. The molecule has 26 heavy (non-hydrogen) atoms. The minimum atomic E-state index is -0.867. The van der Waals surface area contributed by atoms with Crippen molar-refractivity contribution in [2.75, 3.05) is 0 Å². The lowest BCUT2D eigenvalue weighted by atomic mass is 10.2. The van der Waals surface area contributed by atoms with Crippen LogP contribution in [0.25, 0.3) is 16.9 Å². The average Bonchev–Trinajstić information content (AvgIpc) is 3.04. The number of halogens is 3. The zero-order chi connectivity index (χ0) is 18.3. The van der Waals surface area contributed by atoms with E-state index in [9.17, 15) is 18.0 Å². The SMILES string of the molecule is O=c1c2nnn(-c3ccc(F)cc3F)c2ncn1Cc1ccccc1F. The fourth-order valence-electron chi connectivity index (χ4n) is 2.58. The number of nitrogens with zero attached hydrogens (tertiary/aromatic N) is 5. The van der Waals surface area contributed by atoms with Crippen LogP contribution >= 0.6 is 0 Å². The largest absolute Gasteiger partial charge is 0.293 e. The molecule has 0 radical (unpaired) electrons. The maximum Gasteiger partial charge on any atom is 0.283 e. The van der Waals surface area contributed by atoms with Gasteiger partial charge in [-0.25, -0.2) is 18.2 Å². The lowest BCUT2D eigenvalue weighted by Crippen LogP contribution is -2.22. The van der Waals surface area contributed by atoms with Gasteiger partial charge in [-0.05, 0) is 18.2 Å². The molecule has 0 N–H and O–H groups in total. The van der Waals surface area contributed by atoms with Gasteiger partial charge in [0.05, 0.1) is 6.54 Å². The molecular formula is C17H10F3N5O. The molecule has 0 fully saturated rings. The number of aromatic nitrogens is 5. The summed E-state index contributed by atoms with van der Waals surface area (Å²) in [5.74, 6) is -2.05. The fraction of sp³-hybridized carbons (Fsp3) is 0.0588. The average molecular weight is 357 g/mol. The summed E-state index contributed by atoms with van der Waals surface area (Å²) in [6.07, 6.45) is 1.21. The first-order valence-electron chi connectivity index (χ1n) is 7.54. The summed E-state index contributed by atoms with van der Waals surface area (Å²) in [6, 6.07) is 8.98. The van der Waals surface area contributed by atoms with Crippen LogP contribution in [0.5, 0.6) is 0 Å². The molecule has 4 aromatic rings. The van der Waals surface area contributed by atoms with Crippen molar-refractivity contribution in [2.45, 2.75) is 6.54 Å². The monoisotopic (exact) mass is 357 g/mol. The van der Waals surface area contributed by atoms with Crippen LogP contribution in [0.3, 0.4) is 0 Å². The molecule has 0 unspecified atom stereocenters. The van der Waals surface area contributed by atoms with E-state index in [1.807, 2.05) is 0 Å². The fourth-order valence-corrected chi connectivity index (χ4v) is 2.58. The molecule has 0 saturated heterocycles. The number of hydrogen-bond donors (Lipinski definition) is 0. The second-order valence-electron chi connectivity index (χ2n) is 5.54. The lowest BCUT2D eigenvalue weighted by Gasteiger charge is -2.07. The molecule has 0 amide bonds. The lowest BCUT2D eigenvalue weighted by molar-refractivity contribution is 0.573. The van der Waals surface area contributed by atoms with Gasteiger partial charge in [0.15, 0.2) is 17.0 Å². The minimum Gasteiger partial charge on any atom is -0.293 e. The van der Waals surface area contributed by atoms with E-state index in [1.165, 1.54) is 23.0 Å². The van der Waals surface area contributed by atoms with Crippen molar-refractivity contribution in [1.82, 2.24) is 24.5 Å². The predicted octanol–water partition coefficient (Wildman–Crippen LogP) is 2.44. The van der Waals surface area contributed by atoms with Gasteiger partial charge in [-0.2, -0.15) is 4.68 Å². The topological polar surface area (TPSA) is 65.6 Å². The highest BCUT2D eigenvalue weighted by atomic mass is 19.1. The summed E-state index contributed by atoms with van der Waals surface area (Å²) < 4.78 is 43.0. The maximum absolute atomic E-state index is 14.0. The highest BCUT2D eigenvalue weighted by molar-refractivity contribution is 5.70. The molecule has 0 aliphatic carbocycles. The van der Waals surface area contributed by atoms with Crippen molar-refractivity contribution in [3.63, 3.8) is 0 Å². The highest BCUT2D eigenvalue weighted by Crippen LogP contribution is 2.17. The molecule has 2 aromatic heterocycles. The van der Waals surface area contributed by atoms with Crippen molar-refractivity contribution in [3.05, 3.63) is 82.2 Å². The van der Waals surface area contributed by atoms with E-state index in [0.29, 0.717) is 11.6 Å². The van der Waals surface area contributed by atoms with Crippen molar-refractivity contribution in [1.29, 1.82) is 0 Å². The van der Waals surface area contributed by atoms with Crippen molar-refractivity contribution in [3.8, 4) is 5.69 Å². The predicted molar refractivity (Wildman–Crippen MR) is 86.3 cm³/mol. The van der Waals surface area contributed by atoms with E-state index >= 15 is 0 Å². The Kier molecular flexibility index (Phi) is 3.76. The van der Waals surface area contributed by atoms with Crippen LogP contribution in [0.15, 0.2) is 53.6 Å². The van der Waals surface area contributed by atoms with Gasteiger partial charge >= 0.3 is 0 Å². The van der Waals surface area contributed by atoms with Crippen LogP contribution in [0.2, 0.25) is 0 Å². The van der Waals surface area contributed by atoms with Gasteiger partial charge < -0.3 is 0 Å². The molecule has 0 aliphatic heterocycles. The van der Waals surface area contributed by atoms with Crippen LogP contribution < -0.4 is 5.56 Å². The molecule has 0 saturated carbocycles. The minimum absolute atomic E-state index is 0.0188. The Bertz CT molecular complexity index is 1180. The van der Waals surface area contributed by atoms with E-state index in [0.717, 1.165) is 10.7 Å². The van der Waals surface area contributed by atoms with E-state index in [2.05, 4.69) is 15.3 Å². The van der Waals surface area contributed by atoms with Crippen molar-refractivity contribution < 1.29 is 13.2 Å². The zero-order valence-corrected chi connectivity index (χ0v) is 13.1. The Morgan fingerprint density at radius 3 is 2.58 bits per heavy atom. The first-order chi connectivity index (χ1) is 12.5. The molecular weight excluding hydrogens is 347 g/mol. The van der Waals surface area contributed by atoms with E-state index in [-0.39, 0.29) is 23.4 Å². The van der Waals surface area contributed by atoms with E-state index < -0.39 is 23.0 Å². The van der Waals surface area contributed by atoms with Crippen LogP contribution in [-0.2, 0) is 6.54 Å². The third kappa shape index (κ3) is 2.63. The number of hydrogen-bond acceptors (Lipinski definition) is 4. The molecule has 9 heteroatoms. The summed E-state index contributed by atoms with van der Waals surface area (Å²) in [6.45, 7) is -0.0355. The third-order valence-corrected chi connectivity index (χ3v) is 3.87. The first kappa shape index (κ1) is 16.0. The molecule has 0 atom stereocenters. The summed E-state index contributed by atoms with van der Waals surface area (Å²) in [7, 11) is 0. The van der Waals surface area contributed by atoms with Crippen molar-refractivity contribution in [2.24, 2.45) is 0 Å². The standard InChI is InChI=1S/C17H10F3N5O/c18-11-5-6-14(13(20)7-11)25-16-15(22-23-25)17(26)24(9-21-16)8-10-3-1-2-4-12(10)19/h1-7,9H,8H2. The summed E-state index contributed by atoms with van der Waals surface area (Å²) in [4.78, 5) is 16.6. The van der Waals surface area contributed by atoms with Crippen molar-refractivity contribution >= 4 is 11.2 Å². The van der Waals surface area contributed by atoms with Crippen LogP contribution in [0.4, 0.5) is 13.2 Å². The highest BCUT2D eigenvalue weighted by Gasteiger charge is 2.16. The van der Waals surface area contributed by atoms with Gasteiger partial charge in [0.1, 0.15) is 23.6 Å². The first-order valence-corrected chi connectivity index (χ1v) is 7.54. The second kappa shape index (κ2) is 6.10. The van der Waals surface area contributed by atoms with Crippen LogP contribution in [0, 0.1) is 17.5 Å². The molecule has 0 spiro atoms. The Hall–Kier alpha value is -3.49. The molecule has 130 valence electrons. The Morgan fingerprint density at radius 1 is 1.00 bits per heavy atom. The molecule has 0 aliphatic rings. The number of rotatable bonds is 3. The van der Waals surface area contributed by atoms with Gasteiger partial charge in [-0.15, -0.1) is 5.10 Å². The van der Waals surface area contributed by atoms with Gasteiger partial charge in [-0.3, -0.25) is 9.36 Å². The maximum atomic E-state index is 14.0. The second-order valence-corrected chi connectivity index (χ2v) is 5.54. The zero-order valence-electron chi connectivity index (χ0n) is 13.1. The van der Waals surface area contributed by atoms with E-state index in [1.54, 1.807) is 18.2 Å². The van der Waals surface area contributed by atoms with Gasteiger partial charge in [0.2, 0.25) is 0 Å². The molecule has 2 aromatic carbocycles. The van der Waals surface area contributed by atoms with E-state index in [4.69, 9.17) is 0 Å². The van der Waals surface area contributed by atoms with Crippen LogP contribution in [0.1, 0.15) is 5.56 Å².